The standard InChI is InChI=1S/C20H27N3O2/c1-20(2,3)25-19(24)22-12-10-14(11-13-22)18-21-16-6-4-5-7-17(16)23(18)15-8-9-15/h4-7,14-15H,8-13H2,1-3H3. The van der Waals surface area contributed by atoms with E-state index in [2.05, 4.69) is 28.8 Å². The van der Waals surface area contributed by atoms with Crippen molar-refractivity contribution >= 4 is 17.1 Å². The molecule has 134 valence electrons. The number of hydrogen-bond donors (Lipinski definition) is 0. The minimum atomic E-state index is -0.437. The molecule has 0 spiro atoms. The molecule has 1 aromatic heterocycles. The van der Waals surface area contributed by atoms with E-state index in [0.717, 1.165) is 31.4 Å². The number of amides is 1. The Kier molecular flexibility index (Phi) is 3.97. The molecule has 2 heterocycles. The highest BCUT2D eigenvalue weighted by Crippen LogP contribution is 2.41. The summed E-state index contributed by atoms with van der Waals surface area (Å²) >= 11 is 0. The van der Waals surface area contributed by atoms with E-state index in [1.807, 2.05) is 25.7 Å². The van der Waals surface area contributed by atoms with Crippen molar-refractivity contribution in [1.82, 2.24) is 14.5 Å². The number of ether oxygens (including phenoxy) is 1. The molecule has 25 heavy (non-hydrogen) atoms. The average Bonchev–Trinajstić information content (AvgIpc) is 3.33. The van der Waals surface area contributed by atoms with Gasteiger partial charge in [-0.15, -0.1) is 0 Å². The maximum Gasteiger partial charge on any atom is 0.410 e. The van der Waals surface area contributed by atoms with Gasteiger partial charge in [-0.1, -0.05) is 12.1 Å². The molecule has 2 aromatic rings. The Labute approximate surface area is 149 Å². The molecule has 0 N–H and O–H groups in total. The summed E-state index contributed by atoms with van der Waals surface area (Å²) in [7, 11) is 0. The third-order valence-corrected chi connectivity index (χ3v) is 5.05. The topological polar surface area (TPSA) is 47.4 Å². The monoisotopic (exact) mass is 341 g/mol. The zero-order valence-corrected chi connectivity index (χ0v) is 15.4. The van der Waals surface area contributed by atoms with E-state index >= 15 is 0 Å². The Morgan fingerprint density at radius 3 is 2.44 bits per heavy atom. The predicted molar refractivity (Wildman–Crippen MR) is 97.8 cm³/mol. The molecule has 0 atom stereocenters. The van der Waals surface area contributed by atoms with Crippen molar-refractivity contribution in [3.05, 3.63) is 30.1 Å². The number of para-hydroxylation sites is 2. The first-order valence-electron chi connectivity index (χ1n) is 9.37. The number of piperidine rings is 1. The van der Waals surface area contributed by atoms with E-state index in [0.29, 0.717) is 12.0 Å². The van der Waals surface area contributed by atoms with Crippen LogP contribution in [0.15, 0.2) is 24.3 Å². The number of likely N-dealkylation sites (tertiary alicyclic amines) is 1. The predicted octanol–water partition coefficient (Wildman–Crippen LogP) is 4.49. The third kappa shape index (κ3) is 3.37. The van der Waals surface area contributed by atoms with Gasteiger partial charge in [-0.05, 0) is 58.6 Å². The van der Waals surface area contributed by atoms with Gasteiger partial charge in [0.15, 0.2) is 0 Å². The van der Waals surface area contributed by atoms with Crippen LogP contribution in [0.2, 0.25) is 0 Å². The van der Waals surface area contributed by atoms with Crippen LogP contribution in [-0.4, -0.2) is 39.2 Å². The summed E-state index contributed by atoms with van der Waals surface area (Å²) < 4.78 is 7.97. The molecule has 2 fully saturated rings. The highest BCUT2D eigenvalue weighted by Gasteiger charge is 2.34. The van der Waals surface area contributed by atoms with Gasteiger partial charge in [0.1, 0.15) is 11.4 Å². The second-order valence-corrected chi connectivity index (χ2v) is 8.30. The molecule has 1 aliphatic carbocycles. The second kappa shape index (κ2) is 6.04. The van der Waals surface area contributed by atoms with Crippen molar-refractivity contribution in [3.63, 3.8) is 0 Å². The fourth-order valence-electron chi connectivity index (χ4n) is 3.71. The van der Waals surface area contributed by atoms with Crippen LogP contribution >= 0.6 is 0 Å². The first-order valence-corrected chi connectivity index (χ1v) is 9.37. The number of nitrogens with zero attached hydrogens (tertiary/aromatic N) is 3. The zero-order chi connectivity index (χ0) is 17.6. The van der Waals surface area contributed by atoms with Crippen LogP contribution in [0.25, 0.3) is 11.0 Å². The zero-order valence-electron chi connectivity index (χ0n) is 15.4. The van der Waals surface area contributed by atoms with Crippen molar-refractivity contribution in [1.29, 1.82) is 0 Å². The smallest absolute Gasteiger partial charge is 0.410 e. The molecule has 5 nitrogen and oxygen atoms in total. The fraction of sp³-hybridized carbons (Fsp3) is 0.600. The second-order valence-electron chi connectivity index (χ2n) is 8.30. The largest absolute Gasteiger partial charge is 0.444 e. The summed E-state index contributed by atoms with van der Waals surface area (Å²) in [4.78, 5) is 19.1. The summed E-state index contributed by atoms with van der Waals surface area (Å²) in [5.41, 5.74) is 1.92. The van der Waals surface area contributed by atoms with E-state index < -0.39 is 5.60 Å². The van der Waals surface area contributed by atoms with Gasteiger partial charge in [0, 0.05) is 25.0 Å². The van der Waals surface area contributed by atoms with Gasteiger partial charge >= 0.3 is 6.09 Å². The van der Waals surface area contributed by atoms with E-state index in [1.54, 1.807) is 0 Å². The highest BCUT2D eigenvalue weighted by molar-refractivity contribution is 5.76. The quantitative estimate of drug-likeness (QED) is 0.809. The van der Waals surface area contributed by atoms with Gasteiger partial charge in [0.25, 0.3) is 0 Å². The molecule has 4 rings (SSSR count). The van der Waals surface area contributed by atoms with E-state index in [4.69, 9.17) is 9.72 Å². The lowest BCUT2D eigenvalue weighted by molar-refractivity contribution is 0.0202. The molecule has 1 saturated carbocycles. The van der Waals surface area contributed by atoms with Crippen molar-refractivity contribution in [2.24, 2.45) is 0 Å². The Hall–Kier alpha value is -2.04. The summed E-state index contributed by atoms with van der Waals surface area (Å²) in [6.07, 6.45) is 4.22. The molecule has 0 bridgehead atoms. The van der Waals surface area contributed by atoms with Crippen molar-refractivity contribution < 1.29 is 9.53 Å². The molecule has 0 radical (unpaired) electrons. The Balaban J connectivity index is 1.51. The maximum absolute atomic E-state index is 12.3. The van der Waals surface area contributed by atoms with Crippen LogP contribution in [0, 0.1) is 0 Å². The van der Waals surface area contributed by atoms with E-state index in [9.17, 15) is 4.79 Å². The minimum absolute atomic E-state index is 0.193. The number of rotatable bonds is 2. The van der Waals surface area contributed by atoms with Gasteiger partial charge in [-0.25, -0.2) is 9.78 Å². The molecular weight excluding hydrogens is 314 g/mol. The van der Waals surface area contributed by atoms with E-state index in [-0.39, 0.29) is 6.09 Å². The Morgan fingerprint density at radius 1 is 1.12 bits per heavy atom. The number of hydrogen-bond acceptors (Lipinski definition) is 3. The number of aromatic nitrogens is 2. The fourth-order valence-corrected chi connectivity index (χ4v) is 3.71. The third-order valence-electron chi connectivity index (χ3n) is 5.05. The number of benzene rings is 1. The highest BCUT2D eigenvalue weighted by atomic mass is 16.6. The van der Waals surface area contributed by atoms with Crippen LogP contribution in [0.5, 0.6) is 0 Å². The first-order chi connectivity index (χ1) is 11.9. The van der Waals surface area contributed by atoms with Crippen molar-refractivity contribution in [2.45, 2.75) is 64.0 Å². The van der Waals surface area contributed by atoms with Gasteiger partial charge in [-0.2, -0.15) is 0 Å². The molecular formula is C20H27N3O2. The number of imidazole rings is 1. The maximum atomic E-state index is 12.3. The molecule has 5 heteroatoms. The lowest BCUT2D eigenvalue weighted by Gasteiger charge is -2.33. The van der Waals surface area contributed by atoms with Crippen molar-refractivity contribution in [2.75, 3.05) is 13.1 Å². The normalized spacial score (nSPS) is 19.4. The first kappa shape index (κ1) is 16.4. The van der Waals surface area contributed by atoms with Crippen LogP contribution in [0.3, 0.4) is 0 Å². The lowest BCUT2D eigenvalue weighted by Crippen LogP contribution is -2.41. The molecule has 1 aromatic carbocycles. The molecule has 0 unspecified atom stereocenters. The molecule has 2 aliphatic rings. The SMILES string of the molecule is CC(C)(C)OC(=O)N1CCC(c2nc3ccccc3n2C2CC2)CC1. The molecule has 1 saturated heterocycles. The van der Waals surface area contributed by atoms with E-state index in [1.165, 1.54) is 24.2 Å². The van der Waals surface area contributed by atoms with Gasteiger partial charge in [0.05, 0.1) is 11.0 Å². The number of fused-ring (bicyclic) bond motifs is 1. The number of carbonyl (C=O) groups is 1. The lowest BCUT2D eigenvalue weighted by atomic mass is 9.96. The summed E-state index contributed by atoms with van der Waals surface area (Å²) in [6, 6.07) is 9.05. The Morgan fingerprint density at radius 2 is 1.80 bits per heavy atom. The summed E-state index contributed by atoms with van der Waals surface area (Å²) in [5, 5.41) is 0. The van der Waals surface area contributed by atoms with Crippen LogP contribution < -0.4 is 0 Å². The summed E-state index contributed by atoms with van der Waals surface area (Å²) in [6.45, 7) is 7.22. The summed E-state index contributed by atoms with van der Waals surface area (Å²) in [5.74, 6) is 1.64. The molecule has 1 amide bonds. The van der Waals surface area contributed by atoms with Crippen LogP contribution in [0.4, 0.5) is 4.79 Å². The van der Waals surface area contributed by atoms with Gasteiger partial charge in [-0.3, -0.25) is 0 Å². The minimum Gasteiger partial charge on any atom is -0.444 e. The average molecular weight is 341 g/mol. The number of carbonyl (C=O) groups excluding carboxylic acids is 1. The molecule has 1 aliphatic heterocycles. The van der Waals surface area contributed by atoms with Gasteiger partial charge in [0.2, 0.25) is 0 Å². The van der Waals surface area contributed by atoms with Crippen molar-refractivity contribution in [3.8, 4) is 0 Å². The van der Waals surface area contributed by atoms with Gasteiger partial charge < -0.3 is 14.2 Å². The van der Waals surface area contributed by atoms with Crippen LogP contribution in [-0.2, 0) is 4.74 Å². The van der Waals surface area contributed by atoms with Crippen LogP contribution in [0.1, 0.15) is 64.2 Å². The Bertz CT molecular complexity index is 778.